The van der Waals surface area contributed by atoms with Gasteiger partial charge in [-0.3, -0.25) is 4.79 Å². The summed E-state index contributed by atoms with van der Waals surface area (Å²) in [6.45, 7) is 7.63. The normalized spacial score (nSPS) is 62.5. The summed E-state index contributed by atoms with van der Waals surface area (Å²) in [5, 5.41) is 76.1. The lowest BCUT2D eigenvalue weighted by Crippen LogP contribution is -2.72. The number of rotatable bonds is 3. The lowest BCUT2D eigenvalue weighted by molar-refractivity contribution is -0.280. The molecule has 0 unspecified atom stereocenters. The van der Waals surface area contributed by atoms with Gasteiger partial charge in [-0.15, -0.1) is 0 Å². The van der Waals surface area contributed by atoms with E-state index in [4.69, 9.17) is 0 Å². The van der Waals surface area contributed by atoms with Crippen LogP contribution in [0.3, 0.4) is 0 Å². The van der Waals surface area contributed by atoms with Gasteiger partial charge >= 0.3 is 5.97 Å². The van der Waals surface area contributed by atoms with Crippen LogP contribution in [0.25, 0.3) is 0 Å². The largest absolute Gasteiger partial charge is 0.481 e. The molecule has 0 spiro atoms. The van der Waals surface area contributed by atoms with Crippen molar-refractivity contribution in [3.8, 4) is 0 Å². The van der Waals surface area contributed by atoms with Gasteiger partial charge in [0.1, 0.15) is 6.10 Å². The SMILES string of the molecule is C[C@]1(CO)C[C@H](O)[C@]2(C(=O)O)CC[C@]34C[C@]3(C=C[C@@H]3[C@]5(C)[C@H](CC[C@]34C)[C@](C)(CO)[C@@H](O)[C@H](O)[C@@H]5O)[C@H]2C1. The molecule has 0 aromatic rings. The van der Waals surface area contributed by atoms with E-state index < -0.39 is 57.5 Å². The minimum absolute atomic E-state index is 0.102. The zero-order valence-corrected chi connectivity index (χ0v) is 23.1. The number of fused-ring (bicyclic) bond motifs is 4. The molecule has 6 rings (SSSR count). The van der Waals surface area contributed by atoms with E-state index in [0.29, 0.717) is 25.7 Å². The molecule has 214 valence electrons. The number of carboxylic acid groups (broad SMARTS) is 1. The maximum atomic E-state index is 12.9. The molecule has 7 N–H and O–H groups in total. The lowest BCUT2D eigenvalue weighted by atomic mass is 9.35. The Morgan fingerprint density at radius 3 is 2.18 bits per heavy atom. The minimum atomic E-state index is -1.38. The second kappa shape index (κ2) is 7.62. The number of aliphatic hydroxyl groups is 6. The van der Waals surface area contributed by atoms with Crippen LogP contribution in [0.15, 0.2) is 12.2 Å². The quantitative estimate of drug-likeness (QED) is 0.270. The highest BCUT2D eigenvalue weighted by molar-refractivity contribution is 5.77. The van der Waals surface area contributed by atoms with E-state index in [2.05, 4.69) is 19.1 Å². The molecule has 0 saturated heterocycles. The molecule has 6 aliphatic carbocycles. The van der Waals surface area contributed by atoms with Crippen LogP contribution in [0.4, 0.5) is 0 Å². The van der Waals surface area contributed by atoms with E-state index in [-0.39, 0.29) is 48.2 Å². The molecule has 8 nitrogen and oxygen atoms in total. The summed E-state index contributed by atoms with van der Waals surface area (Å²) in [6, 6.07) is 0. The Morgan fingerprint density at radius 2 is 1.58 bits per heavy atom. The van der Waals surface area contributed by atoms with Crippen molar-refractivity contribution in [2.24, 2.45) is 55.7 Å². The Kier molecular flexibility index (Phi) is 5.45. The van der Waals surface area contributed by atoms with Crippen molar-refractivity contribution in [3.63, 3.8) is 0 Å². The van der Waals surface area contributed by atoms with Crippen molar-refractivity contribution >= 4 is 5.97 Å². The number of carboxylic acids is 1. The molecular weight excluding hydrogens is 488 g/mol. The van der Waals surface area contributed by atoms with Crippen molar-refractivity contribution in [3.05, 3.63) is 12.2 Å². The highest BCUT2D eigenvalue weighted by Gasteiger charge is 2.86. The third-order valence-electron chi connectivity index (χ3n) is 14.2. The van der Waals surface area contributed by atoms with Crippen LogP contribution in [0.5, 0.6) is 0 Å². The average molecular weight is 535 g/mol. The highest BCUT2D eigenvalue weighted by Crippen LogP contribution is 2.90. The maximum Gasteiger partial charge on any atom is 0.312 e. The smallest absolute Gasteiger partial charge is 0.312 e. The van der Waals surface area contributed by atoms with Gasteiger partial charge in [-0.05, 0) is 84.4 Å². The van der Waals surface area contributed by atoms with Gasteiger partial charge in [0.15, 0.2) is 0 Å². The van der Waals surface area contributed by atoms with Gasteiger partial charge in [-0.25, -0.2) is 0 Å². The summed E-state index contributed by atoms with van der Waals surface area (Å²) in [5.74, 6) is -1.61. The third-order valence-corrected chi connectivity index (χ3v) is 14.2. The van der Waals surface area contributed by atoms with E-state index in [1.807, 2.05) is 20.8 Å². The number of aliphatic carboxylic acids is 1. The van der Waals surface area contributed by atoms with Crippen LogP contribution >= 0.6 is 0 Å². The number of aliphatic hydroxyl groups excluding tert-OH is 6. The molecule has 14 atom stereocenters. The maximum absolute atomic E-state index is 12.9. The first kappa shape index (κ1) is 27.2. The topological polar surface area (TPSA) is 159 Å². The van der Waals surface area contributed by atoms with Gasteiger partial charge in [-0.1, -0.05) is 39.8 Å². The summed E-state index contributed by atoms with van der Waals surface area (Å²) in [7, 11) is 0. The number of allylic oxidation sites excluding steroid dienone is 2. The third kappa shape index (κ3) is 2.63. The molecule has 0 aromatic heterocycles. The van der Waals surface area contributed by atoms with Crippen molar-refractivity contribution in [1.82, 2.24) is 0 Å². The number of hydrogen-bond acceptors (Lipinski definition) is 7. The number of hydrogen-bond donors (Lipinski definition) is 7. The van der Waals surface area contributed by atoms with Gasteiger partial charge in [0.2, 0.25) is 0 Å². The molecule has 5 fully saturated rings. The van der Waals surface area contributed by atoms with Crippen LogP contribution in [0.1, 0.15) is 72.6 Å². The van der Waals surface area contributed by atoms with E-state index in [9.17, 15) is 40.5 Å². The molecule has 8 heteroatoms. The molecule has 0 aromatic carbocycles. The lowest BCUT2D eigenvalue weighted by Gasteiger charge is -2.69. The van der Waals surface area contributed by atoms with Crippen LogP contribution in [0, 0.1) is 55.7 Å². The summed E-state index contributed by atoms with van der Waals surface area (Å²) in [6.07, 6.45) is 3.68. The second-order valence-corrected chi connectivity index (χ2v) is 15.3. The first-order valence-corrected chi connectivity index (χ1v) is 14.5. The first-order valence-electron chi connectivity index (χ1n) is 14.5. The van der Waals surface area contributed by atoms with E-state index >= 15 is 0 Å². The van der Waals surface area contributed by atoms with Gasteiger partial charge in [0.25, 0.3) is 0 Å². The predicted molar refractivity (Wildman–Crippen MR) is 137 cm³/mol. The molecule has 38 heavy (non-hydrogen) atoms. The Balaban J connectivity index is 1.49. The molecule has 5 saturated carbocycles. The molecule has 0 radical (unpaired) electrons. The zero-order valence-electron chi connectivity index (χ0n) is 23.1. The monoisotopic (exact) mass is 534 g/mol. The summed E-state index contributed by atoms with van der Waals surface area (Å²) in [4.78, 5) is 12.9. The molecule has 6 aliphatic rings. The van der Waals surface area contributed by atoms with Gasteiger partial charge < -0.3 is 35.7 Å². The minimum Gasteiger partial charge on any atom is -0.481 e. The summed E-state index contributed by atoms with van der Waals surface area (Å²) >= 11 is 0. The first-order chi connectivity index (χ1) is 17.6. The second-order valence-electron chi connectivity index (χ2n) is 15.3. The fourth-order valence-corrected chi connectivity index (χ4v) is 12.0. The van der Waals surface area contributed by atoms with Crippen LogP contribution in [-0.4, -0.2) is 79.3 Å². The molecular formula is C30H46O8. The number of carbonyl (C=O) groups is 1. The fourth-order valence-electron chi connectivity index (χ4n) is 12.0. The molecule has 0 amide bonds. The van der Waals surface area contributed by atoms with E-state index in [1.54, 1.807) is 0 Å². The van der Waals surface area contributed by atoms with Crippen LogP contribution < -0.4 is 0 Å². The van der Waals surface area contributed by atoms with Gasteiger partial charge in [0.05, 0.1) is 30.3 Å². The Bertz CT molecular complexity index is 1080. The molecule has 0 heterocycles. The highest BCUT2D eigenvalue weighted by atomic mass is 16.4. The van der Waals surface area contributed by atoms with E-state index in [1.165, 1.54) is 0 Å². The zero-order chi connectivity index (χ0) is 27.9. The Labute approximate surface area is 224 Å². The van der Waals surface area contributed by atoms with Gasteiger partial charge in [0, 0.05) is 17.4 Å². The van der Waals surface area contributed by atoms with Gasteiger partial charge in [-0.2, -0.15) is 0 Å². The Morgan fingerprint density at radius 1 is 0.895 bits per heavy atom. The molecule has 0 bridgehead atoms. The summed E-state index contributed by atoms with van der Waals surface area (Å²) in [5.41, 5.74) is -4.47. The van der Waals surface area contributed by atoms with Crippen molar-refractivity contribution in [2.75, 3.05) is 13.2 Å². The Hall–Kier alpha value is -1.03. The van der Waals surface area contributed by atoms with Crippen LogP contribution in [0.2, 0.25) is 0 Å². The van der Waals surface area contributed by atoms with Crippen LogP contribution in [-0.2, 0) is 4.79 Å². The standard InChI is InChI=1S/C30H46O8/c1-24(14-31)11-18-28-8-6-17-26(3,29(28,13-28)9-10-30(18,23(37)38)19(33)12-24)7-5-16-25(2,15-32)21(35)20(34)22(36)27(16,17)4/h6,8,16-22,31-36H,5,7,9-15H2,1-4H3,(H,37,38)/t16-,17+,18-,19+,20+,21+,22+,24-,25+,26-,27+,28-,29-,30+/m1/s1. The van der Waals surface area contributed by atoms with Crippen molar-refractivity contribution < 1.29 is 40.5 Å². The van der Waals surface area contributed by atoms with Crippen molar-refractivity contribution in [2.45, 2.75) is 97.1 Å². The molecule has 0 aliphatic heterocycles. The predicted octanol–water partition coefficient (Wildman–Crippen LogP) is 1.70. The fraction of sp³-hybridized carbons (Fsp3) is 0.900. The van der Waals surface area contributed by atoms with Crippen molar-refractivity contribution in [1.29, 1.82) is 0 Å². The van der Waals surface area contributed by atoms with E-state index in [0.717, 1.165) is 12.8 Å². The average Bonchev–Trinajstić information content (AvgIpc) is 3.59. The summed E-state index contributed by atoms with van der Waals surface area (Å²) < 4.78 is 0.